The minimum atomic E-state index is -1.58. The van der Waals surface area contributed by atoms with E-state index < -0.39 is 36.3 Å². The van der Waals surface area contributed by atoms with E-state index in [1.54, 1.807) is 6.07 Å². The highest BCUT2D eigenvalue weighted by molar-refractivity contribution is 5.87. The van der Waals surface area contributed by atoms with Gasteiger partial charge in [-0.25, -0.2) is 13.6 Å². The van der Waals surface area contributed by atoms with Crippen molar-refractivity contribution in [3.63, 3.8) is 0 Å². The van der Waals surface area contributed by atoms with Crippen LogP contribution in [0.4, 0.5) is 8.78 Å². The van der Waals surface area contributed by atoms with Crippen LogP contribution in [0.1, 0.15) is 18.4 Å². The molecule has 2 N–H and O–H groups in total. The summed E-state index contributed by atoms with van der Waals surface area (Å²) < 4.78 is 25.3. The molecule has 1 aromatic rings. The quantitative estimate of drug-likeness (QED) is 0.839. The van der Waals surface area contributed by atoms with Crippen molar-refractivity contribution in [2.45, 2.75) is 18.9 Å². The van der Waals surface area contributed by atoms with E-state index in [-0.39, 0.29) is 0 Å². The van der Waals surface area contributed by atoms with E-state index in [0.717, 1.165) is 0 Å². The topological polar surface area (TPSA) is 66.4 Å². The molecular weight excluding hydrogens is 244 g/mol. The van der Waals surface area contributed by atoms with Crippen molar-refractivity contribution < 1.29 is 23.5 Å². The molecule has 1 aromatic carbocycles. The lowest BCUT2D eigenvalue weighted by atomic mass is 10.00. The average Bonchev–Trinajstić information content (AvgIpc) is 2.34. The molecule has 2 atom stereocenters. The number of alkyl halides is 1. The smallest absolute Gasteiger partial charge is 0.328 e. The summed E-state index contributed by atoms with van der Waals surface area (Å²) in [5.74, 6) is -3.36. The molecule has 0 saturated heterocycles. The molecule has 0 aliphatic carbocycles. The fourth-order valence-corrected chi connectivity index (χ4v) is 1.39. The third-order valence-corrected chi connectivity index (χ3v) is 2.51. The Kier molecular flexibility index (Phi) is 4.76. The maximum absolute atomic E-state index is 13.0. The maximum atomic E-state index is 13.0. The van der Waals surface area contributed by atoms with Gasteiger partial charge in [0.05, 0.1) is 5.92 Å². The molecule has 0 fully saturated rings. The standard InChI is InChI=1S/C12H13F2NO3/c1-7(8-3-2-4-9(14)5-8)11(16)15-10(6-13)12(17)18/h2-5,7,10H,6H2,1H3,(H,15,16)(H,17,18). The van der Waals surface area contributed by atoms with Gasteiger partial charge in [-0.3, -0.25) is 4.79 Å². The number of nitrogens with one attached hydrogen (secondary N) is 1. The first-order valence-corrected chi connectivity index (χ1v) is 5.30. The largest absolute Gasteiger partial charge is 0.480 e. The van der Waals surface area contributed by atoms with Gasteiger partial charge in [-0.15, -0.1) is 0 Å². The SMILES string of the molecule is CC(C(=O)NC(CF)C(=O)O)c1cccc(F)c1. The van der Waals surface area contributed by atoms with Gasteiger partial charge in [-0.2, -0.15) is 0 Å². The van der Waals surface area contributed by atoms with Crippen LogP contribution in [0.2, 0.25) is 0 Å². The first-order valence-electron chi connectivity index (χ1n) is 5.30. The summed E-state index contributed by atoms with van der Waals surface area (Å²) in [5.41, 5.74) is 0.399. The number of benzene rings is 1. The number of carboxylic acids is 1. The number of aliphatic carboxylic acids is 1. The van der Waals surface area contributed by atoms with E-state index in [9.17, 15) is 18.4 Å². The highest BCUT2D eigenvalue weighted by atomic mass is 19.1. The van der Waals surface area contributed by atoms with Gasteiger partial charge in [0.1, 0.15) is 12.5 Å². The Hall–Kier alpha value is -1.98. The van der Waals surface area contributed by atoms with Gasteiger partial charge in [-0.05, 0) is 24.6 Å². The van der Waals surface area contributed by atoms with Crippen molar-refractivity contribution in [2.24, 2.45) is 0 Å². The van der Waals surface area contributed by atoms with Crippen LogP contribution in [0.5, 0.6) is 0 Å². The van der Waals surface area contributed by atoms with Gasteiger partial charge >= 0.3 is 5.97 Å². The summed E-state index contributed by atoms with van der Waals surface area (Å²) >= 11 is 0. The highest BCUT2D eigenvalue weighted by Crippen LogP contribution is 2.16. The molecule has 0 bridgehead atoms. The van der Waals surface area contributed by atoms with Crippen molar-refractivity contribution in [1.82, 2.24) is 5.32 Å². The summed E-state index contributed by atoms with van der Waals surface area (Å²) in [7, 11) is 0. The molecule has 2 unspecified atom stereocenters. The van der Waals surface area contributed by atoms with E-state index in [2.05, 4.69) is 0 Å². The Morgan fingerprint density at radius 1 is 1.44 bits per heavy atom. The zero-order chi connectivity index (χ0) is 13.7. The molecule has 18 heavy (non-hydrogen) atoms. The fraction of sp³-hybridized carbons (Fsp3) is 0.333. The van der Waals surface area contributed by atoms with Gasteiger partial charge in [0.15, 0.2) is 6.04 Å². The molecule has 0 heterocycles. The van der Waals surface area contributed by atoms with E-state index in [1.807, 2.05) is 5.32 Å². The Bertz CT molecular complexity index is 451. The van der Waals surface area contributed by atoms with Gasteiger partial charge in [0.25, 0.3) is 0 Å². The molecule has 6 heteroatoms. The number of halogens is 2. The highest BCUT2D eigenvalue weighted by Gasteiger charge is 2.23. The van der Waals surface area contributed by atoms with Crippen LogP contribution in [0.3, 0.4) is 0 Å². The number of rotatable bonds is 5. The molecule has 98 valence electrons. The lowest BCUT2D eigenvalue weighted by Gasteiger charge is -2.15. The molecule has 0 spiro atoms. The molecule has 0 radical (unpaired) electrons. The third-order valence-electron chi connectivity index (χ3n) is 2.51. The predicted octanol–water partition coefficient (Wildman–Crippen LogP) is 1.47. The van der Waals surface area contributed by atoms with Crippen LogP contribution in [0.25, 0.3) is 0 Å². The number of hydrogen-bond donors (Lipinski definition) is 2. The normalized spacial score (nSPS) is 13.7. The van der Waals surface area contributed by atoms with Crippen LogP contribution in [-0.4, -0.2) is 29.7 Å². The minimum Gasteiger partial charge on any atom is -0.480 e. The molecule has 4 nitrogen and oxygen atoms in total. The van der Waals surface area contributed by atoms with E-state index in [1.165, 1.54) is 25.1 Å². The van der Waals surface area contributed by atoms with E-state index in [0.29, 0.717) is 5.56 Å². The zero-order valence-electron chi connectivity index (χ0n) is 9.69. The van der Waals surface area contributed by atoms with Crippen molar-refractivity contribution in [2.75, 3.05) is 6.67 Å². The molecule has 0 aromatic heterocycles. The van der Waals surface area contributed by atoms with Crippen molar-refractivity contribution in [1.29, 1.82) is 0 Å². The second kappa shape index (κ2) is 6.09. The van der Waals surface area contributed by atoms with Gasteiger partial charge in [-0.1, -0.05) is 12.1 Å². The zero-order valence-corrected chi connectivity index (χ0v) is 9.69. The number of carboxylic acid groups (broad SMARTS) is 1. The second-order valence-electron chi connectivity index (χ2n) is 3.83. The molecule has 0 saturated carbocycles. The lowest BCUT2D eigenvalue weighted by molar-refractivity contribution is -0.142. The summed E-state index contributed by atoms with van der Waals surface area (Å²) in [4.78, 5) is 22.2. The summed E-state index contributed by atoms with van der Waals surface area (Å²) in [6, 6.07) is 3.82. The van der Waals surface area contributed by atoms with Crippen LogP contribution >= 0.6 is 0 Å². The van der Waals surface area contributed by atoms with Crippen molar-refractivity contribution in [3.8, 4) is 0 Å². The molecule has 0 aliphatic heterocycles. The van der Waals surface area contributed by atoms with Gasteiger partial charge < -0.3 is 10.4 Å². The van der Waals surface area contributed by atoms with Crippen LogP contribution in [0, 0.1) is 5.82 Å². The number of carbonyl (C=O) groups excluding carboxylic acids is 1. The van der Waals surface area contributed by atoms with Crippen LogP contribution in [-0.2, 0) is 9.59 Å². The number of hydrogen-bond acceptors (Lipinski definition) is 2. The summed E-state index contributed by atoms with van der Waals surface area (Å²) in [6.07, 6.45) is 0. The third kappa shape index (κ3) is 3.51. The van der Waals surface area contributed by atoms with E-state index >= 15 is 0 Å². The first-order chi connectivity index (χ1) is 8.45. The summed E-state index contributed by atoms with van der Waals surface area (Å²) in [5, 5.41) is 10.7. The van der Waals surface area contributed by atoms with Gasteiger partial charge in [0, 0.05) is 0 Å². The van der Waals surface area contributed by atoms with E-state index in [4.69, 9.17) is 5.11 Å². The Labute approximate surface area is 103 Å². The van der Waals surface area contributed by atoms with Crippen LogP contribution < -0.4 is 5.32 Å². The van der Waals surface area contributed by atoms with Gasteiger partial charge in [0.2, 0.25) is 5.91 Å². The average molecular weight is 257 g/mol. The Balaban J connectivity index is 2.75. The monoisotopic (exact) mass is 257 g/mol. The number of carbonyl (C=O) groups is 2. The summed E-state index contributed by atoms with van der Waals surface area (Å²) in [6.45, 7) is 0.290. The molecule has 1 amide bonds. The first kappa shape index (κ1) is 14.1. The Morgan fingerprint density at radius 2 is 2.11 bits per heavy atom. The lowest BCUT2D eigenvalue weighted by Crippen LogP contribution is -2.44. The molecule has 0 aliphatic rings. The minimum absolute atomic E-state index is 0.399. The molecule has 1 rings (SSSR count). The van der Waals surface area contributed by atoms with Crippen molar-refractivity contribution in [3.05, 3.63) is 35.6 Å². The number of amides is 1. The Morgan fingerprint density at radius 3 is 2.61 bits per heavy atom. The second-order valence-corrected chi connectivity index (χ2v) is 3.83. The maximum Gasteiger partial charge on any atom is 0.328 e. The van der Waals surface area contributed by atoms with Crippen molar-refractivity contribution >= 4 is 11.9 Å². The van der Waals surface area contributed by atoms with Crippen LogP contribution in [0.15, 0.2) is 24.3 Å². The predicted molar refractivity (Wildman–Crippen MR) is 60.4 cm³/mol. The molecular formula is C12H13F2NO3. The fourth-order valence-electron chi connectivity index (χ4n) is 1.39.